The molecule has 5 rings (SSSR count). The Morgan fingerprint density at radius 1 is 1.18 bits per heavy atom. The summed E-state index contributed by atoms with van der Waals surface area (Å²) in [7, 11) is -4.43. The van der Waals surface area contributed by atoms with E-state index in [1.54, 1.807) is 4.72 Å². The third-order valence-corrected chi connectivity index (χ3v) is 8.10. The van der Waals surface area contributed by atoms with E-state index >= 15 is 0 Å². The number of rotatable bonds is 6. The van der Waals surface area contributed by atoms with E-state index in [0.717, 1.165) is 56.2 Å². The van der Waals surface area contributed by atoms with E-state index in [0.29, 0.717) is 28.5 Å². The summed E-state index contributed by atoms with van der Waals surface area (Å²) in [5.41, 5.74) is 3.14. The molecular formula is C23H22F3N5O2S. The Labute approximate surface area is 194 Å². The molecule has 0 aromatic carbocycles. The number of alkyl halides is 3. The summed E-state index contributed by atoms with van der Waals surface area (Å²) in [6.45, 7) is 0.735. The molecule has 3 aromatic heterocycles. The van der Waals surface area contributed by atoms with Crippen molar-refractivity contribution in [2.75, 3.05) is 0 Å². The van der Waals surface area contributed by atoms with Gasteiger partial charge in [-0.3, -0.25) is 4.98 Å². The summed E-state index contributed by atoms with van der Waals surface area (Å²) in [6.07, 6.45) is 3.29. The normalized spacial score (nSPS) is 18.0. The minimum Gasteiger partial charge on any atom is -0.320 e. The SMILES string of the molecule is C[C@H](NS(=O)(=O)c1ccc(-c2c(C#N)c3cc(C4CC4)cnc3n2C2CCC2)nc1)C(F)(F)F. The fourth-order valence-electron chi connectivity index (χ4n) is 4.26. The first-order valence-corrected chi connectivity index (χ1v) is 12.6. The molecule has 1 atom stereocenters. The largest absolute Gasteiger partial charge is 0.404 e. The van der Waals surface area contributed by atoms with Crippen LogP contribution in [0.5, 0.6) is 0 Å². The molecule has 0 amide bonds. The lowest BCUT2D eigenvalue weighted by Crippen LogP contribution is -2.42. The van der Waals surface area contributed by atoms with Gasteiger partial charge in [0.2, 0.25) is 10.0 Å². The minimum atomic E-state index is -4.71. The lowest BCUT2D eigenvalue weighted by atomic mass is 9.92. The molecule has 2 aliphatic rings. The predicted molar refractivity (Wildman–Crippen MR) is 118 cm³/mol. The van der Waals surface area contributed by atoms with Crippen molar-refractivity contribution in [2.24, 2.45) is 0 Å². The van der Waals surface area contributed by atoms with Crippen molar-refractivity contribution in [1.82, 2.24) is 19.3 Å². The number of halogens is 3. The van der Waals surface area contributed by atoms with Gasteiger partial charge in [0.25, 0.3) is 0 Å². The highest BCUT2D eigenvalue weighted by Crippen LogP contribution is 2.44. The van der Waals surface area contributed by atoms with Gasteiger partial charge >= 0.3 is 6.18 Å². The van der Waals surface area contributed by atoms with E-state index in [2.05, 4.69) is 16.0 Å². The lowest BCUT2D eigenvalue weighted by molar-refractivity contribution is -0.147. The van der Waals surface area contributed by atoms with Crippen LogP contribution in [0.2, 0.25) is 0 Å². The topological polar surface area (TPSA) is 101 Å². The number of sulfonamides is 1. The van der Waals surface area contributed by atoms with Crippen LogP contribution in [-0.4, -0.2) is 35.2 Å². The molecule has 3 aromatic rings. The number of fused-ring (bicyclic) bond motifs is 1. The molecule has 11 heteroatoms. The molecule has 7 nitrogen and oxygen atoms in total. The van der Waals surface area contributed by atoms with Gasteiger partial charge in [-0.25, -0.2) is 13.4 Å². The number of nitriles is 1. The van der Waals surface area contributed by atoms with Crippen molar-refractivity contribution in [2.45, 2.75) is 68.1 Å². The summed E-state index contributed by atoms with van der Waals surface area (Å²) in [4.78, 5) is 8.56. The van der Waals surface area contributed by atoms with Gasteiger partial charge < -0.3 is 4.57 Å². The second-order valence-electron chi connectivity index (χ2n) is 8.97. The van der Waals surface area contributed by atoms with Gasteiger partial charge in [-0.05, 0) is 68.7 Å². The minimum absolute atomic E-state index is 0.151. The first-order valence-electron chi connectivity index (χ1n) is 11.1. The van der Waals surface area contributed by atoms with E-state index in [9.17, 15) is 26.9 Å². The van der Waals surface area contributed by atoms with Crippen LogP contribution in [0.25, 0.3) is 22.4 Å². The van der Waals surface area contributed by atoms with E-state index in [4.69, 9.17) is 0 Å². The number of aromatic nitrogens is 3. The molecule has 2 aliphatic carbocycles. The van der Waals surface area contributed by atoms with Crippen molar-refractivity contribution in [3.63, 3.8) is 0 Å². The van der Waals surface area contributed by atoms with Crippen LogP contribution in [-0.2, 0) is 10.0 Å². The van der Waals surface area contributed by atoms with E-state index < -0.39 is 22.2 Å². The average molecular weight is 490 g/mol. The van der Waals surface area contributed by atoms with E-state index in [1.165, 1.54) is 12.1 Å². The highest BCUT2D eigenvalue weighted by Gasteiger charge is 2.39. The average Bonchev–Trinajstić information content (AvgIpc) is 3.55. The summed E-state index contributed by atoms with van der Waals surface area (Å²) in [5.74, 6) is 0.466. The number of nitrogens with one attached hydrogen (secondary N) is 1. The highest BCUT2D eigenvalue weighted by molar-refractivity contribution is 7.89. The van der Waals surface area contributed by atoms with E-state index in [1.807, 2.05) is 16.8 Å². The Balaban J connectivity index is 1.58. The molecule has 2 fully saturated rings. The van der Waals surface area contributed by atoms with Gasteiger partial charge in [0.1, 0.15) is 22.7 Å². The number of hydrogen-bond donors (Lipinski definition) is 1. The Morgan fingerprint density at radius 2 is 1.91 bits per heavy atom. The molecule has 1 N–H and O–H groups in total. The second-order valence-corrected chi connectivity index (χ2v) is 10.7. The van der Waals surface area contributed by atoms with Gasteiger partial charge in [-0.1, -0.05) is 0 Å². The molecule has 0 aliphatic heterocycles. The standard InChI is InChI=1S/C23H22F3N5O2S/c1-13(23(24,25)26)30-34(32,33)17-7-8-20(28-12-17)21-19(10-27)18-9-15(14-5-6-14)11-29-22(18)31(21)16-3-2-4-16/h7-9,11-14,16,30H,2-6H2,1H3/t13-/m0/s1. The molecule has 0 saturated heterocycles. The van der Waals surface area contributed by atoms with Crippen LogP contribution in [0.1, 0.15) is 62.1 Å². The lowest BCUT2D eigenvalue weighted by Gasteiger charge is -2.29. The van der Waals surface area contributed by atoms with Crippen LogP contribution in [0.3, 0.4) is 0 Å². The van der Waals surface area contributed by atoms with Gasteiger partial charge in [0.05, 0.1) is 17.0 Å². The maximum absolute atomic E-state index is 12.8. The first kappa shape index (κ1) is 22.8. The number of nitrogens with zero attached hydrogens (tertiary/aromatic N) is 4. The van der Waals surface area contributed by atoms with Crippen LogP contribution in [0, 0.1) is 11.3 Å². The first-order chi connectivity index (χ1) is 16.1. The fraction of sp³-hybridized carbons (Fsp3) is 0.435. The van der Waals surface area contributed by atoms with Gasteiger partial charge in [0.15, 0.2) is 0 Å². The zero-order chi connectivity index (χ0) is 24.3. The molecule has 0 unspecified atom stereocenters. The van der Waals surface area contributed by atoms with E-state index in [-0.39, 0.29) is 10.9 Å². The smallest absolute Gasteiger partial charge is 0.320 e. The Hall–Kier alpha value is -2.97. The molecular weight excluding hydrogens is 467 g/mol. The maximum atomic E-state index is 12.8. The van der Waals surface area contributed by atoms with Gasteiger partial charge in [-0.15, -0.1) is 0 Å². The van der Waals surface area contributed by atoms with Crippen LogP contribution < -0.4 is 4.72 Å². The summed E-state index contributed by atoms with van der Waals surface area (Å²) in [5, 5.41) is 10.8. The fourth-order valence-corrected chi connectivity index (χ4v) is 5.43. The van der Waals surface area contributed by atoms with Crippen LogP contribution >= 0.6 is 0 Å². The van der Waals surface area contributed by atoms with Crippen molar-refractivity contribution in [3.05, 3.63) is 41.7 Å². The quantitative estimate of drug-likeness (QED) is 0.536. The monoisotopic (exact) mass is 489 g/mol. The number of pyridine rings is 2. The molecule has 178 valence electrons. The molecule has 0 bridgehead atoms. The van der Waals surface area contributed by atoms with Crippen molar-refractivity contribution < 1.29 is 21.6 Å². The molecule has 34 heavy (non-hydrogen) atoms. The molecule has 2 saturated carbocycles. The van der Waals surface area contributed by atoms with Gasteiger partial charge in [-0.2, -0.15) is 23.2 Å². The predicted octanol–water partition coefficient (Wildman–Crippen LogP) is 4.80. The van der Waals surface area contributed by atoms with Crippen molar-refractivity contribution in [3.8, 4) is 17.5 Å². The van der Waals surface area contributed by atoms with Gasteiger partial charge in [0, 0.05) is 23.8 Å². The van der Waals surface area contributed by atoms with Crippen LogP contribution in [0.15, 0.2) is 35.5 Å². The third kappa shape index (κ3) is 3.95. The molecule has 3 heterocycles. The zero-order valence-electron chi connectivity index (χ0n) is 18.3. The second kappa shape index (κ2) is 8.06. The Bertz CT molecular complexity index is 1400. The summed E-state index contributed by atoms with van der Waals surface area (Å²) < 4.78 is 66.9. The highest BCUT2D eigenvalue weighted by atomic mass is 32.2. The number of hydrogen-bond acceptors (Lipinski definition) is 5. The summed E-state index contributed by atoms with van der Waals surface area (Å²) >= 11 is 0. The molecule has 0 spiro atoms. The Morgan fingerprint density at radius 3 is 2.44 bits per heavy atom. The zero-order valence-corrected chi connectivity index (χ0v) is 19.1. The van der Waals surface area contributed by atoms with Crippen molar-refractivity contribution >= 4 is 21.1 Å². The van der Waals surface area contributed by atoms with Crippen molar-refractivity contribution in [1.29, 1.82) is 5.26 Å². The van der Waals surface area contributed by atoms with Crippen LogP contribution in [0.4, 0.5) is 13.2 Å². The third-order valence-electron chi connectivity index (χ3n) is 6.58. The molecule has 0 radical (unpaired) electrons. The maximum Gasteiger partial charge on any atom is 0.404 e. The Kier molecular flexibility index (Phi) is 5.41. The summed E-state index contributed by atoms with van der Waals surface area (Å²) in [6, 6.07) is 4.84.